The molecule has 0 aromatic heterocycles. The van der Waals surface area contributed by atoms with E-state index in [-0.39, 0.29) is 25.9 Å². The molecular formula is C12H23O6P. The molecule has 0 aromatic carbocycles. The zero-order valence-corrected chi connectivity index (χ0v) is 12.9. The van der Waals surface area contributed by atoms with Crippen LogP contribution in [0.4, 0.5) is 0 Å². The third-order valence-corrected chi connectivity index (χ3v) is 3.90. The van der Waals surface area contributed by atoms with Gasteiger partial charge in [-0.1, -0.05) is 12.2 Å². The lowest BCUT2D eigenvalue weighted by Gasteiger charge is -2.16. The van der Waals surface area contributed by atoms with Crippen LogP contribution in [0.1, 0.15) is 27.7 Å². The van der Waals surface area contributed by atoms with E-state index in [0.29, 0.717) is 6.61 Å². The van der Waals surface area contributed by atoms with Crippen molar-refractivity contribution < 1.29 is 27.6 Å². The molecule has 0 amide bonds. The molecule has 1 aliphatic heterocycles. The summed E-state index contributed by atoms with van der Waals surface area (Å²) in [4.78, 5) is 0. The van der Waals surface area contributed by atoms with Crippen LogP contribution in [-0.4, -0.2) is 38.3 Å². The van der Waals surface area contributed by atoms with Gasteiger partial charge in [-0.15, -0.1) is 0 Å². The summed E-state index contributed by atoms with van der Waals surface area (Å²) in [5.41, 5.74) is 0. The lowest BCUT2D eigenvalue weighted by atomic mass is 10.3. The van der Waals surface area contributed by atoms with Crippen LogP contribution in [0, 0.1) is 0 Å². The van der Waals surface area contributed by atoms with E-state index in [0.717, 1.165) is 0 Å². The summed E-state index contributed by atoms with van der Waals surface area (Å²) in [5, 5.41) is 0. The molecule has 0 unspecified atom stereocenters. The molecule has 1 atom stereocenters. The Morgan fingerprint density at radius 2 is 1.89 bits per heavy atom. The SMILES string of the molecule is CCOP(=O)(OCC)OC/C=C\[C@H]1COC(C)(C)O1. The van der Waals surface area contributed by atoms with E-state index in [1.165, 1.54) is 0 Å². The van der Waals surface area contributed by atoms with Crippen LogP contribution in [0.3, 0.4) is 0 Å². The first kappa shape index (κ1) is 16.8. The summed E-state index contributed by atoms with van der Waals surface area (Å²) < 4.78 is 38.1. The van der Waals surface area contributed by atoms with E-state index in [9.17, 15) is 4.57 Å². The molecule has 1 aliphatic rings. The topological polar surface area (TPSA) is 63.2 Å². The largest absolute Gasteiger partial charge is 0.475 e. The van der Waals surface area contributed by atoms with Gasteiger partial charge in [0, 0.05) is 0 Å². The Hall–Kier alpha value is -0.230. The maximum atomic E-state index is 12.0. The molecule has 0 aliphatic carbocycles. The quantitative estimate of drug-likeness (QED) is 0.506. The van der Waals surface area contributed by atoms with Gasteiger partial charge in [0.1, 0.15) is 6.10 Å². The van der Waals surface area contributed by atoms with Crippen LogP contribution in [0.15, 0.2) is 12.2 Å². The van der Waals surface area contributed by atoms with E-state index >= 15 is 0 Å². The van der Waals surface area contributed by atoms with Crippen molar-refractivity contribution in [2.24, 2.45) is 0 Å². The van der Waals surface area contributed by atoms with E-state index in [2.05, 4.69) is 0 Å². The molecule has 112 valence electrons. The first-order chi connectivity index (χ1) is 8.91. The van der Waals surface area contributed by atoms with E-state index in [4.69, 9.17) is 23.0 Å². The summed E-state index contributed by atoms with van der Waals surface area (Å²) in [7, 11) is -3.43. The lowest BCUT2D eigenvalue weighted by molar-refractivity contribution is -0.133. The van der Waals surface area contributed by atoms with Crippen molar-refractivity contribution in [2.45, 2.75) is 39.6 Å². The Morgan fingerprint density at radius 1 is 1.26 bits per heavy atom. The van der Waals surface area contributed by atoms with Crippen LogP contribution in [0.2, 0.25) is 0 Å². The molecule has 0 bridgehead atoms. The molecule has 0 spiro atoms. The predicted octanol–water partition coefficient (Wildman–Crippen LogP) is 2.89. The Kier molecular flexibility index (Phi) is 6.66. The number of phosphoric ester groups is 1. The fourth-order valence-corrected chi connectivity index (χ4v) is 2.70. The minimum atomic E-state index is -3.43. The van der Waals surface area contributed by atoms with Gasteiger partial charge in [0.2, 0.25) is 0 Å². The molecule has 0 radical (unpaired) electrons. The fraction of sp³-hybridized carbons (Fsp3) is 0.833. The number of phosphoric acid groups is 1. The average Bonchev–Trinajstić information content (AvgIpc) is 2.65. The van der Waals surface area contributed by atoms with Gasteiger partial charge in [-0.05, 0) is 27.7 Å². The fourth-order valence-electron chi connectivity index (χ4n) is 1.58. The summed E-state index contributed by atoms with van der Waals surface area (Å²) >= 11 is 0. The third-order valence-electron chi connectivity index (χ3n) is 2.28. The number of hydrogen-bond donors (Lipinski definition) is 0. The van der Waals surface area contributed by atoms with Crippen molar-refractivity contribution in [3.63, 3.8) is 0 Å². The minimum absolute atomic E-state index is 0.114. The van der Waals surface area contributed by atoms with Crippen molar-refractivity contribution in [3.05, 3.63) is 12.2 Å². The van der Waals surface area contributed by atoms with Gasteiger partial charge in [0.15, 0.2) is 5.79 Å². The molecule has 6 nitrogen and oxygen atoms in total. The third kappa shape index (κ3) is 6.17. The normalized spacial score (nSPS) is 23.3. The van der Waals surface area contributed by atoms with Crippen molar-refractivity contribution in [1.82, 2.24) is 0 Å². The lowest BCUT2D eigenvalue weighted by Crippen LogP contribution is -2.20. The van der Waals surface area contributed by atoms with Gasteiger partial charge >= 0.3 is 7.82 Å². The Labute approximate surface area is 114 Å². The molecule has 0 saturated carbocycles. The summed E-state index contributed by atoms with van der Waals surface area (Å²) in [5.74, 6) is -0.554. The molecule has 19 heavy (non-hydrogen) atoms. The molecule has 0 N–H and O–H groups in total. The van der Waals surface area contributed by atoms with Gasteiger partial charge in [-0.2, -0.15) is 0 Å². The van der Waals surface area contributed by atoms with Gasteiger partial charge < -0.3 is 9.47 Å². The molecule has 7 heteroatoms. The molecular weight excluding hydrogens is 271 g/mol. The van der Waals surface area contributed by atoms with E-state index in [1.807, 2.05) is 19.9 Å². The number of rotatable bonds is 8. The molecule has 1 fully saturated rings. The average molecular weight is 294 g/mol. The minimum Gasteiger partial charge on any atom is -0.347 e. The first-order valence-corrected chi connectivity index (χ1v) is 7.89. The van der Waals surface area contributed by atoms with Crippen LogP contribution in [-0.2, 0) is 27.6 Å². The molecule has 1 heterocycles. The van der Waals surface area contributed by atoms with E-state index < -0.39 is 13.6 Å². The predicted molar refractivity (Wildman–Crippen MR) is 70.9 cm³/mol. The molecule has 0 aromatic rings. The van der Waals surface area contributed by atoms with Crippen molar-refractivity contribution in [3.8, 4) is 0 Å². The summed E-state index contributed by atoms with van der Waals surface area (Å²) in [6.45, 7) is 8.36. The zero-order valence-electron chi connectivity index (χ0n) is 12.0. The smallest absolute Gasteiger partial charge is 0.347 e. The van der Waals surface area contributed by atoms with Crippen molar-refractivity contribution >= 4 is 7.82 Å². The maximum Gasteiger partial charge on any atom is 0.475 e. The highest BCUT2D eigenvalue weighted by Crippen LogP contribution is 2.49. The number of ether oxygens (including phenoxy) is 2. The van der Waals surface area contributed by atoms with Gasteiger partial charge in [0.25, 0.3) is 0 Å². The standard InChI is InChI=1S/C12H23O6P/c1-5-15-19(13,16-6-2)17-9-7-8-11-10-14-12(3,4)18-11/h7-8,11H,5-6,9-10H2,1-4H3/b8-7-/t11-/m0/s1. The van der Waals surface area contributed by atoms with E-state index in [1.54, 1.807) is 19.9 Å². The zero-order chi connectivity index (χ0) is 14.4. The molecule has 1 saturated heterocycles. The van der Waals surface area contributed by atoms with Crippen molar-refractivity contribution in [2.75, 3.05) is 26.4 Å². The Bertz CT molecular complexity index is 331. The highest BCUT2D eigenvalue weighted by atomic mass is 31.2. The van der Waals surface area contributed by atoms with Crippen LogP contribution in [0.25, 0.3) is 0 Å². The Morgan fingerprint density at radius 3 is 2.37 bits per heavy atom. The van der Waals surface area contributed by atoms with Crippen LogP contribution in [0.5, 0.6) is 0 Å². The highest BCUT2D eigenvalue weighted by Gasteiger charge is 2.31. The Balaban J connectivity index is 2.34. The first-order valence-electron chi connectivity index (χ1n) is 6.43. The summed E-state index contributed by atoms with van der Waals surface area (Å²) in [6, 6.07) is 0. The monoisotopic (exact) mass is 294 g/mol. The van der Waals surface area contributed by atoms with Crippen molar-refractivity contribution in [1.29, 1.82) is 0 Å². The number of hydrogen-bond acceptors (Lipinski definition) is 6. The maximum absolute atomic E-state index is 12.0. The van der Waals surface area contributed by atoms with Gasteiger partial charge in [-0.25, -0.2) is 4.57 Å². The van der Waals surface area contributed by atoms with Gasteiger partial charge in [0.05, 0.1) is 26.4 Å². The second-order valence-electron chi connectivity index (χ2n) is 4.37. The van der Waals surface area contributed by atoms with Gasteiger partial charge in [-0.3, -0.25) is 13.6 Å². The molecule has 1 rings (SSSR count). The second kappa shape index (κ2) is 7.53. The summed E-state index contributed by atoms with van der Waals surface area (Å²) in [6.07, 6.45) is 3.43. The second-order valence-corrected chi connectivity index (χ2v) is 6.04. The highest BCUT2D eigenvalue weighted by molar-refractivity contribution is 7.48. The van der Waals surface area contributed by atoms with Crippen LogP contribution >= 0.6 is 7.82 Å². The van der Waals surface area contributed by atoms with Crippen LogP contribution < -0.4 is 0 Å².